The van der Waals surface area contributed by atoms with Crippen LogP contribution in [-0.2, 0) is 0 Å². The molecule has 0 spiro atoms. The van der Waals surface area contributed by atoms with Crippen molar-refractivity contribution in [2.45, 2.75) is 31.4 Å². The number of nitrogens with zero attached hydrogens (tertiary/aromatic N) is 1. The quantitative estimate of drug-likeness (QED) is 0.877. The van der Waals surface area contributed by atoms with Crippen LogP contribution in [0, 0.1) is 0 Å². The topological polar surface area (TPSA) is 23.5 Å². The second-order valence-electron chi connectivity index (χ2n) is 4.58. The molecule has 2 unspecified atom stereocenters. The predicted octanol–water partition coefficient (Wildman–Crippen LogP) is 2.86. The Balaban J connectivity index is 1.99. The van der Waals surface area contributed by atoms with Gasteiger partial charge in [0.15, 0.2) is 0 Å². The molecule has 1 aromatic carbocycles. The van der Waals surface area contributed by atoms with Crippen LogP contribution in [0.15, 0.2) is 24.3 Å². The number of aliphatic hydroxyl groups is 1. The van der Waals surface area contributed by atoms with Crippen molar-refractivity contribution in [1.82, 2.24) is 4.90 Å². The van der Waals surface area contributed by atoms with E-state index in [9.17, 15) is 5.11 Å². The second kappa shape index (κ2) is 5.17. The van der Waals surface area contributed by atoms with Crippen LogP contribution in [-0.4, -0.2) is 29.6 Å². The van der Waals surface area contributed by atoms with E-state index in [1.54, 1.807) is 0 Å². The van der Waals surface area contributed by atoms with Gasteiger partial charge in [0.2, 0.25) is 0 Å². The van der Waals surface area contributed by atoms with E-state index in [0.717, 1.165) is 18.5 Å². The molecular weight excluding hydrogens is 222 g/mol. The third-order valence-corrected chi connectivity index (χ3v) is 3.64. The summed E-state index contributed by atoms with van der Waals surface area (Å²) in [5, 5.41) is 10.8. The molecule has 0 bridgehead atoms. The van der Waals surface area contributed by atoms with E-state index in [1.807, 2.05) is 24.3 Å². The van der Waals surface area contributed by atoms with E-state index in [1.165, 1.54) is 12.8 Å². The molecule has 2 nitrogen and oxygen atoms in total. The van der Waals surface area contributed by atoms with Gasteiger partial charge in [0.1, 0.15) is 0 Å². The maximum Gasteiger partial charge on any atom is 0.0805 e. The van der Waals surface area contributed by atoms with Crippen molar-refractivity contribution in [1.29, 1.82) is 0 Å². The number of hydrogen-bond donors (Lipinski definition) is 1. The molecule has 0 aliphatic carbocycles. The highest BCUT2D eigenvalue weighted by Crippen LogP contribution is 2.27. The Morgan fingerprint density at radius 2 is 2.38 bits per heavy atom. The minimum atomic E-state index is -0.399. The number of halogens is 1. The Hall–Kier alpha value is -0.570. The van der Waals surface area contributed by atoms with Crippen molar-refractivity contribution in [2.24, 2.45) is 0 Å². The molecule has 1 heterocycles. The van der Waals surface area contributed by atoms with Gasteiger partial charge >= 0.3 is 0 Å². The summed E-state index contributed by atoms with van der Waals surface area (Å²) in [5.74, 6) is 0. The van der Waals surface area contributed by atoms with Gasteiger partial charge in [-0.2, -0.15) is 0 Å². The summed E-state index contributed by atoms with van der Waals surface area (Å²) in [5.41, 5.74) is 0.924. The monoisotopic (exact) mass is 239 g/mol. The van der Waals surface area contributed by atoms with Crippen molar-refractivity contribution in [3.63, 3.8) is 0 Å². The minimum Gasteiger partial charge on any atom is -0.388 e. The van der Waals surface area contributed by atoms with Crippen LogP contribution in [0.4, 0.5) is 0 Å². The normalized spacial score (nSPS) is 23.6. The van der Waals surface area contributed by atoms with Crippen LogP contribution in [0.3, 0.4) is 0 Å². The van der Waals surface area contributed by atoms with E-state index in [2.05, 4.69) is 11.9 Å². The van der Waals surface area contributed by atoms with E-state index in [4.69, 9.17) is 11.6 Å². The molecule has 1 N–H and O–H groups in total. The fraction of sp³-hybridized carbons (Fsp3) is 0.538. The van der Waals surface area contributed by atoms with Crippen LogP contribution in [0.1, 0.15) is 30.9 Å². The van der Waals surface area contributed by atoms with E-state index < -0.39 is 6.10 Å². The van der Waals surface area contributed by atoms with Crippen LogP contribution < -0.4 is 0 Å². The Bertz CT molecular complexity index is 356. The van der Waals surface area contributed by atoms with Crippen LogP contribution in [0.2, 0.25) is 5.02 Å². The summed E-state index contributed by atoms with van der Waals surface area (Å²) >= 11 is 5.91. The highest BCUT2D eigenvalue weighted by molar-refractivity contribution is 6.30. The predicted molar refractivity (Wildman–Crippen MR) is 66.7 cm³/mol. The van der Waals surface area contributed by atoms with Gasteiger partial charge in [-0.15, -0.1) is 0 Å². The van der Waals surface area contributed by atoms with Gasteiger partial charge in [0, 0.05) is 11.1 Å². The standard InChI is InChI=1S/C13H18ClNO/c1-15-7-3-6-12(15)9-13(16)10-4-2-5-11(14)8-10/h2,4-5,8,12-13,16H,3,6-7,9H2,1H3. The molecule has 3 heteroatoms. The Morgan fingerprint density at radius 3 is 3.00 bits per heavy atom. The maximum atomic E-state index is 10.1. The number of aliphatic hydroxyl groups excluding tert-OH is 1. The SMILES string of the molecule is CN1CCCC1CC(O)c1cccc(Cl)c1. The van der Waals surface area contributed by atoms with Crippen molar-refractivity contribution < 1.29 is 5.11 Å². The van der Waals surface area contributed by atoms with E-state index in [0.29, 0.717) is 11.1 Å². The number of hydrogen-bond acceptors (Lipinski definition) is 2. The molecule has 2 rings (SSSR count). The van der Waals surface area contributed by atoms with Crippen molar-refractivity contribution in [2.75, 3.05) is 13.6 Å². The van der Waals surface area contributed by atoms with Gasteiger partial charge < -0.3 is 10.0 Å². The Morgan fingerprint density at radius 1 is 1.56 bits per heavy atom. The lowest BCUT2D eigenvalue weighted by Gasteiger charge is -2.22. The van der Waals surface area contributed by atoms with Crippen LogP contribution in [0.25, 0.3) is 0 Å². The fourth-order valence-corrected chi connectivity index (χ4v) is 2.58. The molecule has 0 radical (unpaired) electrons. The third-order valence-electron chi connectivity index (χ3n) is 3.40. The number of rotatable bonds is 3. The molecule has 1 fully saturated rings. The fourth-order valence-electron chi connectivity index (χ4n) is 2.38. The van der Waals surface area contributed by atoms with E-state index >= 15 is 0 Å². The van der Waals surface area contributed by atoms with Crippen molar-refractivity contribution >= 4 is 11.6 Å². The maximum absolute atomic E-state index is 10.1. The first-order chi connectivity index (χ1) is 7.66. The average Bonchev–Trinajstić information content (AvgIpc) is 2.64. The molecule has 1 aliphatic heterocycles. The third kappa shape index (κ3) is 2.76. The Labute approximate surface area is 102 Å². The Kier molecular flexibility index (Phi) is 3.85. The summed E-state index contributed by atoms with van der Waals surface area (Å²) in [6, 6.07) is 8.01. The van der Waals surface area contributed by atoms with Gasteiger partial charge in [-0.25, -0.2) is 0 Å². The van der Waals surface area contributed by atoms with E-state index in [-0.39, 0.29) is 0 Å². The summed E-state index contributed by atoms with van der Waals surface area (Å²) < 4.78 is 0. The largest absolute Gasteiger partial charge is 0.388 e. The molecule has 2 atom stereocenters. The summed E-state index contributed by atoms with van der Waals surface area (Å²) in [4.78, 5) is 2.33. The summed E-state index contributed by atoms with van der Waals surface area (Å²) in [6.07, 6.45) is 2.83. The zero-order valence-corrected chi connectivity index (χ0v) is 10.3. The number of likely N-dealkylation sites (tertiary alicyclic amines) is 1. The molecule has 0 saturated carbocycles. The first-order valence-corrected chi connectivity index (χ1v) is 6.18. The molecule has 0 amide bonds. The molecule has 0 aromatic heterocycles. The van der Waals surface area contributed by atoms with Gasteiger partial charge in [0.25, 0.3) is 0 Å². The van der Waals surface area contributed by atoms with Gasteiger partial charge in [-0.3, -0.25) is 0 Å². The summed E-state index contributed by atoms with van der Waals surface area (Å²) in [6.45, 7) is 1.15. The highest BCUT2D eigenvalue weighted by atomic mass is 35.5. The molecular formula is C13H18ClNO. The van der Waals surface area contributed by atoms with Gasteiger partial charge in [-0.05, 0) is 50.6 Å². The van der Waals surface area contributed by atoms with Gasteiger partial charge in [-0.1, -0.05) is 23.7 Å². The average molecular weight is 240 g/mol. The minimum absolute atomic E-state index is 0.399. The van der Waals surface area contributed by atoms with Crippen LogP contribution in [0.5, 0.6) is 0 Å². The lowest BCUT2D eigenvalue weighted by atomic mass is 10.0. The van der Waals surface area contributed by atoms with Gasteiger partial charge in [0.05, 0.1) is 6.10 Å². The molecule has 88 valence electrons. The number of benzene rings is 1. The molecule has 1 saturated heterocycles. The smallest absolute Gasteiger partial charge is 0.0805 e. The summed E-state index contributed by atoms with van der Waals surface area (Å²) in [7, 11) is 2.13. The zero-order valence-electron chi connectivity index (χ0n) is 9.56. The highest BCUT2D eigenvalue weighted by Gasteiger charge is 2.24. The van der Waals surface area contributed by atoms with Crippen molar-refractivity contribution in [3.05, 3.63) is 34.9 Å². The van der Waals surface area contributed by atoms with Crippen molar-refractivity contribution in [3.8, 4) is 0 Å². The van der Waals surface area contributed by atoms with Crippen LogP contribution >= 0.6 is 11.6 Å². The second-order valence-corrected chi connectivity index (χ2v) is 5.02. The lowest BCUT2D eigenvalue weighted by molar-refractivity contribution is 0.130. The first-order valence-electron chi connectivity index (χ1n) is 5.80. The lowest BCUT2D eigenvalue weighted by Crippen LogP contribution is -2.26. The first kappa shape index (κ1) is 11.9. The molecule has 1 aromatic rings. The molecule has 1 aliphatic rings. The zero-order chi connectivity index (χ0) is 11.5. The molecule has 16 heavy (non-hydrogen) atoms.